The molecule has 0 amide bonds. The fraction of sp³-hybridized carbons (Fsp3) is 0.511. The van der Waals surface area contributed by atoms with Gasteiger partial charge in [0.15, 0.2) is 6.10 Å². The van der Waals surface area contributed by atoms with Gasteiger partial charge in [0.1, 0.15) is 19.8 Å². The number of phosphoric acid groups is 1. The Morgan fingerprint density at radius 3 is 0.810 bits per heavy atom. The lowest BCUT2D eigenvalue weighted by molar-refractivity contribution is -0.870. The van der Waals surface area contributed by atoms with Crippen LogP contribution < -0.4 is 4.89 Å². The van der Waals surface area contributed by atoms with Crippen LogP contribution in [0.1, 0.15) is 245 Å². The maximum atomic E-state index is 12.9. The molecule has 0 saturated carbocycles. The zero-order valence-electron chi connectivity index (χ0n) is 63.3. The third-order valence-corrected chi connectivity index (χ3v) is 16.0. The van der Waals surface area contributed by atoms with Crippen molar-refractivity contribution in [2.24, 2.45) is 0 Å². The van der Waals surface area contributed by atoms with E-state index in [2.05, 4.69) is 269 Å². The van der Waals surface area contributed by atoms with Crippen LogP contribution in [0, 0.1) is 0 Å². The van der Waals surface area contributed by atoms with Crippen LogP contribution in [0.2, 0.25) is 0 Å². The summed E-state index contributed by atoms with van der Waals surface area (Å²) in [5.41, 5.74) is 0. The molecule has 0 radical (unpaired) electrons. The zero-order valence-corrected chi connectivity index (χ0v) is 64.2. The molecule has 0 heterocycles. The number of hydrogen-bond donors (Lipinski definition) is 0. The fourth-order valence-electron chi connectivity index (χ4n) is 9.28. The molecule has 10 heteroatoms. The Bertz CT molecular complexity index is 2650. The van der Waals surface area contributed by atoms with E-state index in [0.717, 1.165) is 180 Å². The van der Waals surface area contributed by atoms with Crippen LogP contribution >= 0.6 is 7.82 Å². The van der Waals surface area contributed by atoms with Crippen molar-refractivity contribution in [2.75, 3.05) is 47.5 Å². The molecule has 0 bridgehead atoms. The fourth-order valence-corrected chi connectivity index (χ4v) is 10.0. The van der Waals surface area contributed by atoms with Gasteiger partial charge in [0.25, 0.3) is 7.82 Å². The number of unbranched alkanes of at least 4 members (excludes halogenated alkanes) is 11. The van der Waals surface area contributed by atoms with Crippen molar-refractivity contribution in [1.29, 1.82) is 0 Å². The van der Waals surface area contributed by atoms with Crippen molar-refractivity contribution in [1.82, 2.24) is 0 Å². The highest BCUT2D eigenvalue weighted by molar-refractivity contribution is 7.45. The van der Waals surface area contributed by atoms with Gasteiger partial charge in [-0.3, -0.25) is 14.2 Å². The number of allylic oxidation sites excluding steroid dienone is 42. The number of nitrogens with zero attached hydrogens (tertiary/aromatic N) is 1. The van der Waals surface area contributed by atoms with E-state index in [1.807, 2.05) is 21.1 Å². The molecule has 0 fully saturated rings. The lowest BCUT2D eigenvalue weighted by Gasteiger charge is -2.28. The average molecular weight is 1390 g/mol. The van der Waals surface area contributed by atoms with Crippen LogP contribution in [0.3, 0.4) is 0 Å². The van der Waals surface area contributed by atoms with E-state index in [1.54, 1.807) is 0 Å². The molecule has 0 spiro atoms. The maximum absolute atomic E-state index is 12.9. The number of quaternary nitrogens is 1. The van der Waals surface area contributed by atoms with Gasteiger partial charge in [0.2, 0.25) is 0 Å². The summed E-state index contributed by atoms with van der Waals surface area (Å²) >= 11 is 0. The van der Waals surface area contributed by atoms with Crippen LogP contribution in [0.15, 0.2) is 255 Å². The molecule has 9 nitrogen and oxygen atoms in total. The second-order valence-electron chi connectivity index (χ2n) is 25.5. The number of phosphoric ester groups is 1. The Morgan fingerprint density at radius 2 is 0.540 bits per heavy atom. The van der Waals surface area contributed by atoms with Crippen LogP contribution in [-0.2, 0) is 32.7 Å². The highest BCUT2D eigenvalue weighted by Gasteiger charge is 2.22. The van der Waals surface area contributed by atoms with Crippen molar-refractivity contribution < 1.29 is 42.1 Å². The Balaban J connectivity index is 4.21. The summed E-state index contributed by atoms with van der Waals surface area (Å²) in [5.74, 6) is -0.902. The van der Waals surface area contributed by atoms with Gasteiger partial charge in [-0.2, -0.15) is 0 Å². The maximum Gasteiger partial charge on any atom is 0.306 e. The summed E-state index contributed by atoms with van der Waals surface area (Å²) in [6, 6.07) is 0. The van der Waals surface area contributed by atoms with Gasteiger partial charge >= 0.3 is 11.9 Å². The molecule has 0 aliphatic carbocycles. The first kappa shape index (κ1) is 93.6. The molecule has 0 aromatic heterocycles. The molecular formula is C90H138NO8P. The third-order valence-electron chi connectivity index (χ3n) is 15.1. The van der Waals surface area contributed by atoms with Gasteiger partial charge < -0.3 is 27.9 Å². The molecule has 0 aromatic carbocycles. The lowest BCUT2D eigenvalue weighted by atomic mass is 10.1. The van der Waals surface area contributed by atoms with Crippen LogP contribution in [0.25, 0.3) is 0 Å². The van der Waals surface area contributed by atoms with E-state index in [0.29, 0.717) is 23.9 Å². The smallest absolute Gasteiger partial charge is 0.306 e. The van der Waals surface area contributed by atoms with Crippen LogP contribution in [0.5, 0.6) is 0 Å². The van der Waals surface area contributed by atoms with E-state index in [1.165, 1.54) is 25.7 Å². The predicted molar refractivity (Wildman–Crippen MR) is 433 cm³/mol. The molecule has 0 aliphatic rings. The van der Waals surface area contributed by atoms with Gasteiger partial charge in [-0.1, -0.05) is 314 Å². The molecule has 0 N–H and O–H groups in total. The number of rotatable bonds is 67. The van der Waals surface area contributed by atoms with Gasteiger partial charge in [0.05, 0.1) is 27.7 Å². The van der Waals surface area contributed by atoms with Crippen LogP contribution in [-0.4, -0.2) is 70.0 Å². The number of esters is 2. The normalized spacial score (nSPS) is 14.5. The molecule has 2 atom stereocenters. The van der Waals surface area contributed by atoms with E-state index < -0.39 is 32.5 Å². The Hall–Kier alpha value is -6.45. The largest absolute Gasteiger partial charge is 0.756 e. The number of likely N-dealkylation sites (N-methyl/N-ethyl adjacent to an activating group) is 1. The van der Waals surface area contributed by atoms with Gasteiger partial charge in [-0.25, -0.2) is 0 Å². The second kappa shape index (κ2) is 76.7. The quantitative estimate of drug-likeness (QED) is 0.0195. The highest BCUT2D eigenvalue weighted by Crippen LogP contribution is 2.38. The zero-order chi connectivity index (χ0) is 72.5. The Morgan fingerprint density at radius 1 is 0.310 bits per heavy atom. The van der Waals surface area contributed by atoms with E-state index in [9.17, 15) is 19.0 Å². The summed E-state index contributed by atoms with van der Waals surface area (Å²) in [4.78, 5) is 38.1. The molecule has 2 unspecified atom stereocenters. The van der Waals surface area contributed by atoms with Gasteiger partial charge in [-0.15, -0.1) is 0 Å². The lowest BCUT2D eigenvalue weighted by Crippen LogP contribution is -2.37. The van der Waals surface area contributed by atoms with Gasteiger partial charge in [0, 0.05) is 12.8 Å². The summed E-state index contributed by atoms with van der Waals surface area (Å²) in [5, 5.41) is 0. The summed E-state index contributed by atoms with van der Waals surface area (Å²) < 4.78 is 34.3. The minimum absolute atomic E-state index is 0.0536. The van der Waals surface area contributed by atoms with Crippen molar-refractivity contribution in [3.05, 3.63) is 255 Å². The van der Waals surface area contributed by atoms with E-state index in [4.69, 9.17) is 18.5 Å². The molecule has 556 valence electrons. The monoisotopic (exact) mass is 1390 g/mol. The third kappa shape index (κ3) is 80.5. The minimum Gasteiger partial charge on any atom is -0.756 e. The van der Waals surface area contributed by atoms with Crippen molar-refractivity contribution >= 4 is 19.8 Å². The summed E-state index contributed by atoms with van der Waals surface area (Å²) in [6.45, 7) is 3.93. The molecule has 100 heavy (non-hydrogen) atoms. The molecular weight excluding hydrogens is 1250 g/mol. The van der Waals surface area contributed by atoms with E-state index >= 15 is 0 Å². The van der Waals surface area contributed by atoms with Gasteiger partial charge in [-0.05, 0) is 173 Å². The van der Waals surface area contributed by atoms with Crippen LogP contribution in [0.4, 0.5) is 0 Å². The first-order chi connectivity index (χ1) is 49.0. The minimum atomic E-state index is -4.68. The highest BCUT2D eigenvalue weighted by atomic mass is 31.2. The van der Waals surface area contributed by atoms with Crippen molar-refractivity contribution in [2.45, 2.75) is 251 Å². The standard InChI is InChI=1S/C90H138NO8P/c1-6-8-10-12-14-16-18-20-22-24-26-28-30-32-34-36-38-40-42-44-45-47-48-50-52-54-56-58-60-62-64-66-68-70-72-74-76-78-80-82-89(92)96-86-88(87-98-100(94,95)97-85-84-91(3,4)5)99-90(93)83-81-79-77-75-73-71-69-67-65-63-61-59-57-55-53-51-49-46-43-41-39-37-35-33-31-29-27-25-23-21-19-17-15-13-11-9-7-2/h8-11,14-17,20-23,26-29,32-35,38-41,44-46,48-50,53-56,59-62,65,67,71,73,88H,6-7,12-13,18-19,24-25,30-31,36-37,42-43,47,51-52,57-58,63-64,66,68-70,72,74-87H2,1-5H3/b10-8-,11-9-,16-14-,17-15-,22-20-,23-21-,28-26-,29-27-,34-32-,35-33-,40-38-,41-39-,45-44-,49-46-,50-48-,55-53-,56-54-,61-59-,62-60-,67-65-,73-71-. The molecule has 0 aromatic rings. The first-order valence-corrected chi connectivity index (χ1v) is 39.9. The summed E-state index contributed by atoms with van der Waals surface area (Å²) in [7, 11) is 1.10. The van der Waals surface area contributed by atoms with E-state index in [-0.39, 0.29) is 26.1 Å². The molecule has 0 rings (SSSR count). The number of carbonyl (C=O) groups is 2. The number of carbonyl (C=O) groups excluding carboxylic acids is 2. The average Bonchev–Trinajstić information content (AvgIpc) is 1.02. The number of ether oxygens (including phenoxy) is 2. The predicted octanol–water partition coefficient (Wildman–Crippen LogP) is 25.4. The topological polar surface area (TPSA) is 111 Å². The summed E-state index contributed by atoms with van der Waals surface area (Å²) in [6.07, 6.45) is 126. The van der Waals surface area contributed by atoms with Crippen molar-refractivity contribution in [3.63, 3.8) is 0 Å². The SMILES string of the molecule is CC/C=C\C/C=C\C/C=C\C/C=C\C/C=C\C/C=C\C/C=C\C/C=C\C/C=C\C/C=C\C/C=C\CCCCCC(=O)OC(COC(=O)CCCCCCCCCC/C=C\C/C=C\C/C=C\C/C=C\C/C=C\C/C=C\C/C=C\C/C=C\C/C=C\C/C=C\CC)COP(=O)([O-])OCC[N+](C)(C)C. The number of hydrogen-bond acceptors (Lipinski definition) is 8. The second-order valence-corrected chi connectivity index (χ2v) is 27.0. The van der Waals surface area contributed by atoms with Crippen molar-refractivity contribution in [3.8, 4) is 0 Å². The Labute approximate surface area is 612 Å². The Kier molecular flexibility index (Phi) is 71.8. The molecule has 0 saturated heterocycles. The first-order valence-electron chi connectivity index (χ1n) is 38.4. The molecule has 0 aliphatic heterocycles.